The van der Waals surface area contributed by atoms with Crippen molar-refractivity contribution in [1.29, 1.82) is 0 Å². The Labute approximate surface area is 72.2 Å². The fraction of sp³-hybridized carbons (Fsp3) is 0.286. The molecule has 2 N–H and O–H groups in total. The van der Waals surface area contributed by atoms with Gasteiger partial charge in [-0.15, -0.1) is 0 Å². The quantitative estimate of drug-likeness (QED) is 0.748. The van der Waals surface area contributed by atoms with Crippen molar-refractivity contribution in [3.05, 3.63) is 26.6 Å². The second kappa shape index (κ2) is 3.09. The molecule has 0 atom stereocenters. The van der Waals surface area contributed by atoms with E-state index >= 15 is 0 Å². The molecule has 0 amide bonds. The predicted molar refractivity (Wildman–Crippen MR) is 45.8 cm³/mol. The zero-order chi connectivity index (χ0) is 8.43. The lowest BCUT2D eigenvalue weighted by Crippen LogP contribution is -2.06. The van der Waals surface area contributed by atoms with Crippen LogP contribution in [0.4, 0.5) is 0 Å². The van der Waals surface area contributed by atoms with Crippen molar-refractivity contribution in [2.75, 3.05) is 0 Å². The molecular weight excluding hydrogens is 210 g/mol. The lowest BCUT2D eigenvalue weighted by atomic mass is 10.2. The van der Waals surface area contributed by atoms with Crippen molar-refractivity contribution in [1.82, 2.24) is 4.98 Å². The Kier molecular flexibility index (Phi) is 2.34. The van der Waals surface area contributed by atoms with Gasteiger partial charge < -0.3 is 10.1 Å². The largest absolute Gasteiger partial charge is 0.506 e. The smallest absolute Gasteiger partial charge is 0.266 e. The average molecular weight is 218 g/mol. The van der Waals surface area contributed by atoms with Gasteiger partial charge in [0.25, 0.3) is 5.56 Å². The summed E-state index contributed by atoms with van der Waals surface area (Å²) in [6.07, 6.45) is 2.21. The predicted octanol–water partition coefficient (Wildman–Crippen LogP) is 1.41. The van der Waals surface area contributed by atoms with Gasteiger partial charge in [0.15, 0.2) is 0 Å². The summed E-state index contributed by atoms with van der Waals surface area (Å²) in [5.41, 5.74) is 0.427. The Hall–Kier alpha value is -0.770. The minimum absolute atomic E-state index is 0.0382. The van der Waals surface area contributed by atoms with Crippen LogP contribution in [0.3, 0.4) is 0 Å². The maximum Gasteiger partial charge on any atom is 0.266 e. The number of pyridine rings is 1. The first kappa shape index (κ1) is 8.33. The van der Waals surface area contributed by atoms with E-state index in [1.807, 2.05) is 6.92 Å². The number of aromatic nitrogens is 1. The van der Waals surface area contributed by atoms with Gasteiger partial charge in [-0.05, 0) is 22.4 Å². The molecule has 1 heterocycles. The molecule has 1 aromatic heterocycles. The summed E-state index contributed by atoms with van der Waals surface area (Å²) in [4.78, 5) is 13.3. The molecule has 0 saturated carbocycles. The van der Waals surface area contributed by atoms with E-state index in [2.05, 4.69) is 20.9 Å². The van der Waals surface area contributed by atoms with E-state index in [0.717, 1.165) is 5.56 Å². The molecule has 0 spiro atoms. The number of hydrogen-bond donors (Lipinski definition) is 2. The minimum Gasteiger partial charge on any atom is -0.506 e. The number of halogens is 1. The zero-order valence-corrected chi connectivity index (χ0v) is 7.60. The van der Waals surface area contributed by atoms with E-state index in [0.29, 0.717) is 6.42 Å². The molecule has 0 fully saturated rings. The van der Waals surface area contributed by atoms with Gasteiger partial charge in [0.2, 0.25) is 0 Å². The van der Waals surface area contributed by atoms with E-state index < -0.39 is 0 Å². The Morgan fingerprint density at radius 2 is 2.36 bits per heavy atom. The summed E-state index contributed by atoms with van der Waals surface area (Å²) in [5, 5.41) is 9.31. The number of hydrogen-bond acceptors (Lipinski definition) is 2. The average Bonchev–Trinajstić information content (AvgIpc) is 2.01. The number of rotatable bonds is 1. The fourth-order valence-corrected chi connectivity index (χ4v) is 1.17. The Bertz CT molecular complexity index is 319. The molecular formula is C7H8BrNO2. The number of nitrogens with one attached hydrogen (secondary N) is 1. The lowest BCUT2D eigenvalue weighted by Gasteiger charge is -2.00. The van der Waals surface area contributed by atoms with E-state index in [9.17, 15) is 9.90 Å². The highest BCUT2D eigenvalue weighted by molar-refractivity contribution is 9.10. The summed E-state index contributed by atoms with van der Waals surface area (Å²) in [6.45, 7) is 1.90. The van der Waals surface area contributed by atoms with Crippen LogP contribution in [0.2, 0.25) is 0 Å². The molecule has 0 unspecified atom stereocenters. The highest BCUT2D eigenvalue weighted by Crippen LogP contribution is 2.22. The summed E-state index contributed by atoms with van der Waals surface area (Å²) in [7, 11) is 0. The number of aryl methyl sites for hydroxylation is 1. The van der Waals surface area contributed by atoms with Crippen LogP contribution in [-0.4, -0.2) is 10.1 Å². The highest BCUT2D eigenvalue weighted by Gasteiger charge is 2.06. The van der Waals surface area contributed by atoms with E-state index in [-0.39, 0.29) is 15.8 Å². The third kappa shape index (κ3) is 1.45. The van der Waals surface area contributed by atoms with Crippen LogP contribution in [0.1, 0.15) is 12.5 Å². The van der Waals surface area contributed by atoms with Crippen molar-refractivity contribution in [3.63, 3.8) is 0 Å². The first-order valence-electron chi connectivity index (χ1n) is 3.25. The van der Waals surface area contributed by atoms with Crippen LogP contribution in [-0.2, 0) is 6.42 Å². The fourth-order valence-electron chi connectivity index (χ4n) is 0.802. The van der Waals surface area contributed by atoms with Gasteiger partial charge in [0.05, 0.1) is 0 Å². The molecule has 11 heavy (non-hydrogen) atoms. The second-order valence-electron chi connectivity index (χ2n) is 2.16. The summed E-state index contributed by atoms with van der Waals surface area (Å²) in [5.74, 6) is 0.0382. The van der Waals surface area contributed by atoms with Crippen LogP contribution in [0, 0.1) is 0 Å². The van der Waals surface area contributed by atoms with Gasteiger partial charge in [0, 0.05) is 11.8 Å². The molecule has 3 nitrogen and oxygen atoms in total. The summed E-state index contributed by atoms with van der Waals surface area (Å²) >= 11 is 2.98. The molecule has 0 saturated heterocycles. The Morgan fingerprint density at radius 1 is 1.73 bits per heavy atom. The molecule has 0 aromatic carbocycles. The minimum atomic E-state index is -0.306. The van der Waals surface area contributed by atoms with Gasteiger partial charge in [-0.25, -0.2) is 0 Å². The van der Waals surface area contributed by atoms with Crippen LogP contribution in [0.25, 0.3) is 0 Å². The van der Waals surface area contributed by atoms with Crippen LogP contribution >= 0.6 is 15.9 Å². The van der Waals surface area contributed by atoms with Crippen molar-refractivity contribution in [2.24, 2.45) is 0 Å². The number of H-pyrrole nitrogens is 1. The molecule has 1 rings (SSSR count). The topological polar surface area (TPSA) is 53.1 Å². The highest BCUT2D eigenvalue weighted by atomic mass is 79.9. The van der Waals surface area contributed by atoms with E-state index in [1.54, 1.807) is 0 Å². The molecule has 0 radical (unpaired) electrons. The first-order chi connectivity index (χ1) is 5.16. The SMILES string of the molecule is CCc1c[nH]c(=O)c(Br)c1O. The molecule has 4 heteroatoms. The normalized spacial score (nSPS) is 10.0. The van der Waals surface area contributed by atoms with Crippen molar-refractivity contribution < 1.29 is 5.11 Å². The zero-order valence-electron chi connectivity index (χ0n) is 6.02. The summed E-state index contributed by atoms with van der Waals surface area (Å²) < 4.78 is 0.205. The van der Waals surface area contributed by atoms with Gasteiger partial charge in [-0.1, -0.05) is 6.92 Å². The second-order valence-corrected chi connectivity index (χ2v) is 2.95. The molecule has 0 bridgehead atoms. The van der Waals surface area contributed by atoms with Gasteiger partial charge in [-0.2, -0.15) is 0 Å². The van der Waals surface area contributed by atoms with E-state index in [1.165, 1.54) is 6.20 Å². The standard InChI is InChI=1S/C7H8BrNO2/c1-2-4-3-9-7(11)5(8)6(4)10/h3H,2H2,1H3,(H2,9,10,11). The molecule has 1 aromatic rings. The van der Waals surface area contributed by atoms with E-state index in [4.69, 9.17) is 0 Å². The van der Waals surface area contributed by atoms with Crippen LogP contribution in [0.15, 0.2) is 15.5 Å². The molecule has 0 aliphatic carbocycles. The number of aromatic hydroxyl groups is 1. The molecule has 0 aliphatic heterocycles. The van der Waals surface area contributed by atoms with Crippen LogP contribution < -0.4 is 5.56 Å². The maximum atomic E-state index is 10.8. The van der Waals surface area contributed by atoms with Gasteiger partial charge >= 0.3 is 0 Å². The first-order valence-corrected chi connectivity index (χ1v) is 4.05. The lowest BCUT2D eigenvalue weighted by molar-refractivity contribution is 0.463. The van der Waals surface area contributed by atoms with Crippen molar-refractivity contribution >= 4 is 15.9 Å². The van der Waals surface area contributed by atoms with Gasteiger partial charge in [0.1, 0.15) is 10.2 Å². The Balaban J connectivity index is 3.37. The monoisotopic (exact) mass is 217 g/mol. The molecule has 0 aliphatic rings. The summed E-state index contributed by atoms with van der Waals surface area (Å²) in [6, 6.07) is 0. The molecule has 60 valence electrons. The third-order valence-electron chi connectivity index (χ3n) is 1.47. The third-order valence-corrected chi connectivity index (χ3v) is 2.21. The Morgan fingerprint density at radius 3 is 2.91 bits per heavy atom. The van der Waals surface area contributed by atoms with Crippen molar-refractivity contribution in [2.45, 2.75) is 13.3 Å². The maximum absolute atomic E-state index is 10.8. The number of aromatic amines is 1. The van der Waals surface area contributed by atoms with Crippen molar-refractivity contribution in [3.8, 4) is 5.75 Å². The van der Waals surface area contributed by atoms with Crippen LogP contribution in [0.5, 0.6) is 5.75 Å². The van der Waals surface area contributed by atoms with Gasteiger partial charge in [-0.3, -0.25) is 4.79 Å².